The summed E-state index contributed by atoms with van der Waals surface area (Å²) in [7, 11) is 4.87. The second-order valence-electron chi connectivity index (χ2n) is 6.97. The lowest BCUT2D eigenvalue weighted by molar-refractivity contribution is -0.384. The topological polar surface area (TPSA) is 77.3 Å². The van der Waals surface area contributed by atoms with Crippen molar-refractivity contribution in [2.75, 3.05) is 47.5 Å². The van der Waals surface area contributed by atoms with Crippen LogP contribution in [0.15, 0.2) is 36.4 Å². The van der Waals surface area contributed by atoms with E-state index in [1.54, 1.807) is 33.5 Å². The number of hydrogen-bond acceptors (Lipinski definition) is 7. The molecule has 1 fully saturated rings. The van der Waals surface area contributed by atoms with Gasteiger partial charge in [-0.25, -0.2) is 0 Å². The maximum Gasteiger partial charge on any atom is 0.269 e. The van der Waals surface area contributed by atoms with Gasteiger partial charge in [0.25, 0.3) is 5.69 Å². The molecule has 1 heterocycles. The van der Waals surface area contributed by atoms with E-state index >= 15 is 0 Å². The van der Waals surface area contributed by atoms with Crippen molar-refractivity contribution in [3.05, 3.63) is 57.6 Å². The summed E-state index contributed by atoms with van der Waals surface area (Å²) >= 11 is 0. The monoisotopic (exact) mass is 401 g/mol. The standard InChI is InChI=1S/C21H27N3O5/c1-27-19-9-6-17(20(28-2)21(19)29-3)15-23-12-10-22(11-13-23)14-16-4-7-18(8-5-16)24(25)26/h4-9H,10-15H2,1-3H3. The van der Waals surface area contributed by atoms with Gasteiger partial charge in [-0.15, -0.1) is 0 Å². The quantitative estimate of drug-likeness (QED) is 0.497. The molecule has 0 aliphatic carbocycles. The summed E-state index contributed by atoms with van der Waals surface area (Å²) in [6, 6.07) is 10.7. The van der Waals surface area contributed by atoms with Gasteiger partial charge in [-0.3, -0.25) is 19.9 Å². The summed E-state index contributed by atoms with van der Waals surface area (Å²) in [5.74, 6) is 1.98. The molecule has 0 spiro atoms. The van der Waals surface area contributed by atoms with Gasteiger partial charge < -0.3 is 14.2 Å². The fraction of sp³-hybridized carbons (Fsp3) is 0.429. The van der Waals surface area contributed by atoms with Gasteiger partial charge in [0, 0.05) is 57.0 Å². The first-order valence-electron chi connectivity index (χ1n) is 9.51. The van der Waals surface area contributed by atoms with Crippen LogP contribution in [0.2, 0.25) is 0 Å². The smallest absolute Gasteiger partial charge is 0.269 e. The third-order valence-electron chi connectivity index (χ3n) is 5.20. The highest BCUT2D eigenvalue weighted by atomic mass is 16.6. The maximum absolute atomic E-state index is 10.8. The Kier molecular flexibility index (Phi) is 6.90. The van der Waals surface area contributed by atoms with Gasteiger partial charge in [0.2, 0.25) is 5.75 Å². The Hall–Kier alpha value is -2.84. The Bertz CT molecular complexity index is 833. The van der Waals surface area contributed by atoms with Crippen LogP contribution in [0, 0.1) is 10.1 Å². The first kappa shape index (κ1) is 20.9. The van der Waals surface area contributed by atoms with Crippen LogP contribution in [-0.2, 0) is 13.1 Å². The maximum atomic E-state index is 10.8. The minimum absolute atomic E-state index is 0.127. The summed E-state index contributed by atoms with van der Waals surface area (Å²) in [6.45, 7) is 5.31. The molecule has 0 atom stereocenters. The van der Waals surface area contributed by atoms with E-state index in [2.05, 4.69) is 9.80 Å². The van der Waals surface area contributed by atoms with Crippen molar-refractivity contribution in [2.45, 2.75) is 13.1 Å². The number of hydrogen-bond donors (Lipinski definition) is 0. The molecule has 0 aromatic heterocycles. The molecule has 0 saturated carbocycles. The third kappa shape index (κ3) is 4.96. The number of rotatable bonds is 8. The van der Waals surface area contributed by atoms with Crippen LogP contribution in [-0.4, -0.2) is 62.2 Å². The van der Waals surface area contributed by atoms with E-state index in [1.807, 2.05) is 24.3 Å². The van der Waals surface area contributed by atoms with Crippen LogP contribution in [0.4, 0.5) is 5.69 Å². The predicted molar refractivity (Wildman–Crippen MR) is 110 cm³/mol. The first-order valence-corrected chi connectivity index (χ1v) is 9.51. The molecular weight excluding hydrogens is 374 g/mol. The minimum Gasteiger partial charge on any atom is -0.493 e. The van der Waals surface area contributed by atoms with Gasteiger partial charge >= 0.3 is 0 Å². The van der Waals surface area contributed by atoms with Crippen molar-refractivity contribution >= 4 is 5.69 Å². The van der Waals surface area contributed by atoms with Crippen LogP contribution < -0.4 is 14.2 Å². The van der Waals surface area contributed by atoms with Gasteiger partial charge in [0.15, 0.2) is 11.5 Å². The molecule has 2 aromatic rings. The number of non-ortho nitro benzene ring substituents is 1. The van der Waals surface area contributed by atoms with Crippen LogP contribution in [0.5, 0.6) is 17.2 Å². The number of benzene rings is 2. The van der Waals surface area contributed by atoms with Crippen molar-refractivity contribution in [2.24, 2.45) is 0 Å². The van der Waals surface area contributed by atoms with Crippen LogP contribution in [0.25, 0.3) is 0 Å². The molecule has 3 rings (SSSR count). The molecule has 1 aliphatic rings. The normalized spacial score (nSPS) is 15.1. The van der Waals surface area contributed by atoms with E-state index in [0.717, 1.165) is 50.4 Å². The highest BCUT2D eigenvalue weighted by molar-refractivity contribution is 5.55. The van der Waals surface area contributed by atoms with E-state index in [-0.39, 0.29) is 10.6 Å². The SMILES string of the molecule is COc1ccc(CN2CCN(Cc3ccc([N+](=O)[O-])cc3)CC2)c(OC)c1OC. The molecule has 1 saturated heterocycles. The third-order valence-corrected chi connectivity index (χ3v) is 5.20. The molecular formula is C21H27N3O5. The zero-order valence-corrected chi connectivity index (χ0v) is 17.1. The Morgan fingerprint density at radius 3 is 1.93 bits per heavy atom. The zero-order valence-electron chi connectivity index (χ0n) is 17.1. The molecule has 1 aliphatic heterocycles. The van der Waals surface area contributed by atoms with Crippen molar-refractivity contribution in [1.29, 1.82) is 0 Å². The van der Waals surface area contributed by atoms with Crippen LogP contribution >= 0.6 is 0 Å². The van der Waals surface area contributed by atoms with E-state index in [4.69, 9.17) is 14.2 Å². The van der Waals surface area contributed by atoms with E-state index in [9.17, 15) is 10.1 Å². The highest BCUT2D eigenvalue weighted by Gasteiger charge is 2.21. The van der Waals surface area contributed by atoms with Crippen molar-refractivity contribution in [3.63, 3.8) is 0 Å². The number of nitrogens with zero attached hydrogens (tertiary/aromatic N) is 3. The van der Waals surface area contributed by atoms with Gasteiger partial charge in [0.1, 0.15) is 0 Å². The zero-order chi connectivity index (χ0) is 20.8. The molecule has 29 heavy (non-hydrogen) atoms. The molecule has 2 aromatic carbocycles. The molecule has 0 unspecified atom stereocenters. The molecule has 0 N–H and O–H groups in total. The fourth-order valence-corrected chi connectivity index (χ4v) is 3.62. The number of ether oxygens (including phenoxy) is 3. The second kappa shape index (κ2) is 9.58. The highest BCUT2D eigenvalue weighted by Crippen LogP contribution is 2.40. The molecule has 8 heteroatoms. The second-order valence-corrected chi connectivity index (χ2v) is 6.97. The Morgan fingerprint density at radius 1 is 0.828 bits per heavy atom. The van der Waals surface area contributed by atoms with Crippen molar-refractivity contribution < 1.29 is 19.1 Å². The number of nitro groups is 1. The summed E-state index contributed by atoms with van der Waals surface area (Å²) in [5, 5.41) is 10.8. The van der Waals surface area contributed by atoms with E-state index in [1.165, 1.54) is 0 Å². The Morgan fingerprint density at radius 2 is 1.41 bits per heavy atom. The molecule has 0 bridgehead atoms. The number of methoxy groups -OCH3 is 3. The lowest BCUT2D eigenvalue weighted by Crippen LogP contribution is -2.45. The lowest BCUT2D eigenvalue weighted by atomic mass is 10.1. The number of piperazine rings is 1. The summed E-state index contributed by atoms with van der Waals surface area (Å²) in [4.78, 5) is 15.2. The van der Waals surface area contributed by atoms with Gasteiger partial charge in [-0.1, -0.05) is 18.2 Å². The minimum atomic E-state index is -0.370. The van der Waals surface area contributed by atoms with Gasteiger partial charge in [-0.2, -0.15) is 0 Å². The molecule has 0 amide bonds. The largest absolute Gasteiger partial charge is 0.493 e. The van der Waals surface area contributed by atoms with Gasteiger partial charge in [0.05, 0.1) is 26.3 Å². The fourth-order valence-electron chi connectivity index (χ4n) is 3.62. The summed E-state index contributed by atoms with van der Waals surface area (Å²) in [6.07, 6.45) is 0. The average molecular weight is 401 g/mol. The Balaban J connectivity index is 1.58. The van der Waals surface area contributed by atoms with Crippen LogP contribution in [0.3, 0.4) is 0 Å². The van der Waals surface area contributed by atoms with Crippen molar-refractivity contribution in [1.82, 2.24) is 9.80 Å². The van der Waals surface area contributed by atoms with E-state index < -0.39 is 0 Å². The predicted octanol–water partition coefficient (Wildman–Crippen LogP) is 2.94. The number of nitro benzene ring substituents is 1. The lowest BCUT2D eigenvalue weighted by Gasteiger charge is -2.35. The van der Waals surface area contributed by atoms with E-state index in [0.29, 0.717) is 17.2 Å². The van der Waals surface area contributed by atoms with Gasteiger partial charge in [-0.05, 0) is 11.6 Å². The molecule has 8 nitrogen and oxygen atoms in total. The summed E-state index contributed by atoms with van der Waals surface area (Å²) < 4.78 is 16.4. The average Bonchev–Trinajstić information content (AvgIpc) is 2.75. The molecule has 156 valence electrons. The van der Waals surface area contributed by atoms with Crippen molar-refractivity contribution in [3.8, 4) is 17.2 Å². The summed E-state index contributed by atoms with van der Waals surface area (Å²) in [5.41, 5.74) is 2.28. The van der Waals surface area contributed by atoms with Crippen LogP contribution in [0.1, 0.15) is 11.1 Å². The Labute approximate surface area is 170 Å². The molecule has 0 radical (unpaired) electrons. The first-order chi connectivity index (χ1) is 14.0.